The number of aromatic carboxylic acids is 1. The Morgan fingerprint density at radius 3 is 2.73 bits per heavy atom. The Morgan fingerprint density at radius 2 is 2.45 bits per heavy atom. The van der Waals surface area contributed by atoms with Crippen LogP contribution in [0, 0.1) is 0 Å². The number of aromatic nitrogens is 1. The average molecular weight is 220 g/mol. The second-order valence-corrected chi connectivity index (χ2v) is 2.72. The maximum absolute atomic E-state index is 10.4. The van der Waals surface area contributed by atoms with E-state index < -0.39 is 5.97 Å². The SMILES string of the molecule is CCc1onc(C(=O)O)c1Br. The minimum atomic E-state index is -1.08. The summed E-state index contributed by atoms with van der Waals surface area (Å²) in [5.74, 6) is -0.525. The van der Waals surface area contributed by atoms with E-state index in [1.165, 1.54) is 0 Å². The molecule has 0 aromatic carbocycles. The molecule has 0 saturated carbocycles. The van der Waals surface area contributed by atoms with E-state index in [4.69, 9.17) is 9.63 Å². The third kappa shape index (κ3) is 1.42. The number of halogens is 1. The number of carbonyl (C=O) groups is 1. The zero-order chi connectivity index (χ0) is 8.43. The Morgan fingerprint density at radius 1 is 1.82 bits per heavy atom. The first-order chi connectivity index (χ1) is 5.16. The molecule has 11 heavy (non-hydrogen) atoms. The van der Waals surface area contributed by atoms with Crippen molar-refractivity contribution in [3.8, 4) is 0 Å². The van der Waals surface area contributed by atoms with Gasteiger partial charge in [0, 0.05) is 6.42 Å². The summed E-state index contributed by atoms with van der Waals surface area (Å²) in [6.07, 6.45) is 0.626. The topological polar surface area (TPSA) is 63.3 Å². The third-order valence-corrected chi connectivity index (χ3v) is 2.04. The molecule has 1 rings (SSSR count). The van der Waals surface area contributed by atoms with Gasteiger partial charge in [-0.15, -0.1) is 0 Å². The summed E-state index contributed by atoms with van der Waals surface area (Å²) in [4.78, 5) is 10.4. The standard InChI is InChI=1S/C6H6BrNO3/c1-2-3-4(7)5(6(9)10)8-11-3/h2H2,1H3,(H,9,10). The van der Waals surface area contributed by atoms with Gasteiger partial charge in [-0.1, -0.05) is 12.1 Å². The van der Waals surface area contributed by atoms with Crippen LogP contribution in [0.3, 0.4) is 0 Å². The van der Waals surface area contributed by atoms with Crippen molar-refractivity contribution < 1.29 is 14.4 Å². The van der Waals surface area contributed by atoms with Crippen LogP contribution in [-0.4, -0.2) is 16.2 Å². The number of hydrogen-bond donors (Lipinski definition) is 1. The van der Waals surface area contributed by atoms with Gasteiger partial charge in [0.2, 0.25) is 5.69 Å². The van der Waals surface area contributed by atoms with Crippen LogP contribution in [0.2, 0.25) is 0 Å². The van der Waals surface area contributed by atoms with E-state index in [0.29, 0.717) is 16.7 Å². The van der Waals surface area contributed by atoms with Crippen LogP contribution < -0.4 is 0 Å². The summed E-state index contributed by atoms with van der Waals surface area (Å²) in [5.41, 5.74) is -0.0677. The van der Waals surface area contributed by atoms with E-state index in [1.807, 2.05) is 6.92 Å². The third-order valence-electron chi connectivity index (χ3n) is 1.22. The summed E-state index contributed by atoms with van der Waals surface area (Å²) in [6.45, 7) is 1.86. The van der Waals surface area contributed by atoms with Crippen LogP contribution in [0.5, 0.6) is 0 Å². The van der Waals surface area contributed by atoms with Crippen molar-refractivity contribution in [2.75, 3.05) is 0 Å². The minimum Gasteiger partial charge on any atom is -0.476 e. The van der Waals surface area contributed by atoms with Crippen molar-refractivity contribution in [2.45, 2.75) is 13.3 Å². The molecule has 4 nitrogen and oxygen atoms in total. The van der Waals surface area contributed by atoms with Gasteiger partial charge in [0.25, 0.3) is 0 Å². The van der Waals surface area contributed by atoms with Gasteiger partial charge < -0.3 is 9.63 Å². The molecule has 0 bridgehead atoms. The molecule has 0 spiro atoms. The highest BCUT2D eigenvalue weighted by Gasteiger charge is 2.17. The van der Waals surface area contributed by atoms with Gasteiger partial charge in [-0.05, 0) is 15.9 Å². The fourth-order valence-corrected chi connectivity index (χ4v) is 1.26. The predicted octanol–water partition coefficient (Wildman–Crippen LogP) is 1.70. The second kappa shape index (κ2) is 3.04. The van der Waals surface area contributed by atoms with Gasteiger partial charge in [0.15, 0.2) is 5.76 Å². The van der Waals surface area contributed by atoms with Crippen LogP contribution in [-0.2, 0) is 6.42 Å². The zero-order valence-corrected chi connectivity index (χ0v) is 7.38. The molecule has 0 aliphatic heterocycles. The smallest absolute Gasteiger partial charge is 0.359 e. The molecule has 1 N–H and O–H groups in total. The van der Waals surface area contributed by atoms with E-state index in [0.717, 1.165) is 0 Å². The quantitative estimate of drug-likeness (QED) is 0.823. The average Bonchev–Trinajstić information content (AvgIpc) is 2.30. The van der Waals surface area contributed by atoms with E-state index in [2.05, 4.69) is 21.1 Å². The van der Waals surface area contributed by atoms with Crippen LogP contribution >= 0.6 is 15.9 Å². The Kier molecular flexibility index (Phi) is 2.28. The van der Waals surface area contributed by atoms with E-state index >= 15 is 0 Å². The first-order valence-corrected chi connectivity index (χ1v) is 3.83. The van der Waals surface area contributed by atoms with Crippen LogP contribution in [0.15, 0.2) is 9.00 Å². The van der Waals surface area contributed by atoms with Gasteiger partial charge >= 0.3 is 5.97 Å². The van der Waals surface area contributed by atoms with Crippen molar-refractivity contribution >= 4 is 21.9 Å². The molecule has 0 radical (unpaired) electrons. The molecule has 0 aliphatic carbocycles. The molecule has 1 aromatic rings. The lowest BCUT2D eigenvalue weighted by Gasteiger charge is -1.86. The van der Waals surface area contributed by atoms with Crippen molar-refractivity contribution in [3.05, 3.63) is 15.9 Å². The molecule has 0 atom stereocenters. The molecule has 0 fully saturated rings. The zero-order valence-electron chi connectivity index (χ0n) is 5.80. The number of hydrogen-bond acceptors (Lipinski definition) is 3. The van der Waals surface area contributed by atoms with Crippen molar-refractivity contribution in [1.82, 2.24) is 5.16 Å². The maximum Gasteiger partial charge on any atom is 0.359 e. The van der Waals surface area contributed by atoms with Crippen LogP contribution in [0.1, 0.15) is 23.2 Å². The number of nitrogens with zero attached hydrogens (tertiary/aromatic N) is 1. The summed E-state index contributed by atoms with van der Waals surface area (Å²) in [6, 6.07) is 0. The lowest BCUT2D eigenvalue weighted by Crippen LogP contribution is -1.96. The first-order valence-electron chi connectivity index (χ1n) is 3.04. The van der Waals surface area contributed by atoms with Crippen molar-refractivity contribution in [3.63, 3.8) is 0 Å². The Hall–Kier alpha value is -0.840. The van der Waals surface area contributed by atoms with E-state index in [-0.39, 0.29) is 5.69 Å². The number of aryl methyl sites for hydroxylation is 1. The molecule has 0 aliphatic rings. The Bertz CT molecular complexity index is 281. The van der Waals surface area contributed by atoms with Crippen LogP contribution in [0.25, 0.3) is 0 Å². The number of rotatable bonds is 2. The predicted molar refractivity (Wildman–Crippen MR) is 40.5 cm³/mol. The Balaban J connectivity index is 3.10. The largest absolute Gasteiger partial charge is 0.476 e. The van der Waals surface area contributed by atoms with E-state index in [9.17, 15) is 4.79 Å². The summed E-state index contributed by atoms with van der Waals surface area (Å²) < 4.78 is 5.17. The molecule has 5 heteroatoms. The molecular weight excluding hydrogens is 214 g/mol. The van der Waals surface area contributed by atoms with Gasteiger partial charge in [-0.2, -0.15) is 0 Å². The summed E-state index contributed by atoms with van der Waals surface area (Å²) >= 11 is 3.07. The van der Waals surface area contributed by atoms with Crippen LogP contribution in [0.4, 0.5) is 0 Å². The molecule has 1 aromatic heterocycles. The lowest BCUT2D eigenvalue weighted by molar-refractivity contribution is 0.0685. The van der Waals surface area contributed by atoms with Crippen molar-refractivity contribution in [2.24, 2.45) is 0 Å². The summed E-state index contributed by atoms with van der Waals surface area (Å²) in [7, 11) is 0. The molecule has 0 unspecified atom stereocenters. The first kappa shape index (κ1) is 8.26. The molecule has 60 valence electrons. The molecule has 0 saturated heterocycles. The second-order valence-electron chi connectivity index (χ2n) is 1.93. The lowest BCUT2D eigenvalue weighted by atomic mass is 10.3. The molecule has 0 amide bonds. The highest BCUT2D eigenvalue weighted by atomic mass is 79.9. The monoisotopic (exact) mass is 219 g/mol. The Labute approximate surface area is 71.3 Å². The molecular formula is C6H6BrNO3. The minimum absolute atomic E-state index is 0.0677. The van der Waals surface area contributed by atoms with Gasteiger partial charge in [-0.25, -0.2) is 4.79 Å². The fraction of sp³-hybridized carbons (Fsp3) is 0.333. The fourth-order valence-electron chi connectivity index (χ4n) is 0.666. The number of carboxylic acids is 1. The van der Waals surface area contributed by atoms with Gasteiger partial charge in [-0.3, -0.25) is 0 Å². The molecule has 1 heterocycles. The van der Waals surface area contributed by atoms with E-state index in [1.54, 1.807) is 0 Å². The highest BCUT2D eigenvalue weighted by molar-refractivity contribution is 9.10. The maximum atomic E-state index is 10.4. The van der Waals surface area contributed by atoms with Crippen molar-refractivity contribution in [1.29, 1.82) is 0 Å². The van der Waals surface area contributed by atoms with Gasteiger partial charge in [0.1, 0.15) is 0 Å². The summed E-state index contributed by atoms with van der Waals surface area (Å²) in [5, 5.41) is 11.9. The highest BCUT2D eigenvalue weighted by Crippen LogP contribution is 2.21. The van der Waals surface area contributed by atoms with Gasteiger partial charge in [0.05, 0.1) is 4.47 Å². The number of carboxylic acid groups (broad SMARTS) is 1. The normalized spacial score (nSPS) is 10.0.